The molecule has 8 nitrogen and oxygen atoms in total. The summed E-state index contributed by atoms with van der Waals surface area (Å²) in [6, 6.07) is 8.15. The third-order valence-corrected chi connectivity index (χ3v) is 7.17. The highest BCUT2D eigenvalue weighted by atomic mass is 32.2. The molecular weight excluding hydrogens is 456 g/mol. The Balaban J connectivity index is 1.28. The SMILES string of the molecule is CN(C)CCn1ccc2cc(N=C3NC(=O)C(=Cc4cnc(NC(=O)C5CC5)s4)S3)ccc21. The number of benzene rings is 1. The van der Waals surface area contributed by atoms with Crippen LogP contribution in [0.4, 0.5) is 10.8 Å². The number of hydrogen-bond donors (Lipinski definition) is 2. The molecule has 0 spiro atoms. The van der Waals surface area contributed by atoms with Gasteiger partial charge in [-0.3, -0.25) is 9.59 Å². The van der Waals surface area contributed by atoms with Gasteiger partial charge < -0.3 is 20.1 Å². The normalized spacial score (nSPS) is 18.6. The first kappa shape index (κ1) is 21.9. The molecule has 1 aromatic carbocycles. The van der Waals surface area contributed by atoms with Crippen LogP contribution in [-0.4, -0.2) is 52.1 Å². The van der Waals surface area contributed by atoms with Gasteiger partial charge in [0.15, 0.2) is 10.3 Å². The van der Waals surface area contributed by atoms with Gasteiger partial charge in [-0.2, -0.15) is 0 Å². The third-order valence-electron chi connectivity index (χ3n) is 5.40. The van der Waals surface area contributed by atoms with Gasteiger partial charge in [-0.15, -0.1) is 0 Å². The summed E-state index contributed by atoms with van der Waals surface area (Å²) < 4.78 is 2.23. The van der Waals surface area contributed by atoms with Crippen molar-refractivity contribution < 1.29 is 9.59 Å². The molecule has 1 aliphatic carbocycles. The number of anilines is 1. The van der Waals surface area contributed by atoms with E-state index >= 15 is 0 Å². The van der Waals surface area contributed by atoms with Gasteiger partial charge in [-0.05, 0) is 69.0 Å². The van der Waals surface area contributed by atoms with E-state index in [4.69, 9.17) is 0 Å². The maximum atomic E-state index is 12.4. The fourth-order valence-electron chi connectivity index (χ4n) is 3.45. The zero-order valence-electron chi connectivity index (χ0n) is 18.4. The van der Waals surface area contributed by atoms with E-state index in [1.165, 1.54) is 28.6 Å². The number of likely N-dealkylation sites (N-methyl/N-ethyl adjacent to an activating group) is 1. The zero-order chi connectivity index (χ0) is 22.9. The van der Waals surface area contributed by atoms with Crippen LogP contribution in [0.1, 0.15) is 17.7 Å². The second kappa shape index (κ2) is 9.12. The predicted molar refractivity (Wildman–Crippen MR) is 135 cm³/mol. The molecule has 33 heavy (non-hydrogen) atoms. The summed E-state index contributed by atoms with van der Waals surface area (Å²) in [5.74, 6) is -0.0379. The first-order valence-corrected chi connectivity index (χ1v) is 12.4. The molecule has 1 saturated heterocycles. The highest BCUT2D eigenvalue weighted by Crippen LogP contribution is 2.33. The lowest BCUT2D eigenvalue weighted by Crippen LogP contribution is -2.19. The number of carbonyl (C=O) groups is 2. The van der Waals surface area contributed by atoms with Crippen molar-refractivity contribution in [3.63, 3.8) is 0 Å². The number of amides is 2. The number of aliphatic imine (C=N–C) groups is 1. The number of hydrogen-bond acceptors (Lipinski definition) is 7. The minimum atomic E-state index is -0.188. The second-order valence-electron chi connectivity index (χ2n) is 8.37. The van der Waals surface area contributed by atoms with Crippen LogP contribution in [0.5, 0.6) is 0 Å². The molecule has 2 aromatic heterocycles. The van der Waals surface area contributed by atoms with Gasteiger partial charge in [-0.1, -0.05) is 11.3 Å². The fourth-order valence-corrected chi connectivity index (χ4v) is 5.12. The fraction of sp³-hybridized carbons (Fsp3) is 0.304. The molecule has 10 heteroatoms. The van der Waals surface area contributed by atoms with Crippen molar-refractivity contribution in [2.75, 3.05) is 26.0 Å². The van der Waals surface area contributed by atoms with E-state index < -0.39 is 0 Å². The molecule has 3 heterocycles. The van der Waals surface area contributed by atoms with Crippen molar-refractivity contribution in [2.45, 2.75) is 19.4 Å². The molecule has 0 bridgehead atoms. The first-order valence-electron chi connectivity index (χ1n) is 10.7. The summed E-state index contributed by atoms with van der Waals surface area (Å²) in [6.07, 6.45) is 7.43. The topological polar surface area (TPSA) is 91.6 Å². The van der Waals surface area contributed by atoms with Gasteiger partial charge in [0.25, 0.3) is 5.91 Å². The van der Waals surface area contributed by atoms with Gasteiger partial charge in [0.2, 0.25) is 5.91 Å². The Labute approximate surface area is 199 Å². The van der Waals surface area contributed by atoms with E-state index in [2.05, 4.69) is 62.5 Å². The molecule has 1 aliphatic heterocycles. The van der Waals surface area contributed by atoms with Gasteiger partial charge in [-0.25, -0.2) is 9.98 Å². The number of thiazole rings is 1. The highest BCUT2D eigenvalue weighted by molar-refractivity contribution is 8.18. The van der Waals surface area contributed by atoms with Gasteiger partial charge >= 0.3 is 0 Å². The molecule has 5 rings (SSSR count). The van der Waals surface area contributed by atoms with Crippen LogP contribution in [-0.2, 0) is 16.1 Å². The van der Waals surface area contributed by atoms with Crippen molar-refractivity contribution >= 4 is 67.9 Å². The molecule has 2 aliphatic rings. The number of nitrogens with zero attached hydrogens (tertiary/aromatic N) is 4. The Morgan fingerprint density at radius 1 is 1.36 bits per heavy atom. The standard InChI is InChI=1S/C23H24N6O2S2/c1-28(2)9-10-29-8-7-15-11-16(5-6-18(15)29)25-23-27-21(31)19(33-23)12-17-13-24-22(32-17)26-20(30)14-3-4-14/h5-8,11-14H,3-4,9-10H2,1-2H3,(H,24,26,30)(H,25,27,31). The highest BCUT2D eigenvalue weighted by Gasteiger charge is 2.30. The summed E-state index contributed by atoms with van der Waals surface area (Å²) in [5, 5.41) is 7.89. The number of thioether (sulfide) groups is 1. The van der Waals surface area contributed by atoms with Gasteiger partial charge in [0.1, 0.15) is 0 Å². The Morgan fingerprint density at radius 2 is 2.21 bits per heavy atom. The Bertz CT molecular complexity index is 1290. The molecule has 0 atom stereocenters. The average molecular weight is 481 g/mol. The molecule has 3 aromatic rings. The smallest absolute Gasteiger partial charge is 0.264 e. The monoisotopic (exact) mass is 480 g/mol. The van der Waals surface area contributed by atoms with Gasteiger partial charge in [0, 0.05) is 42.3 Å². The number of nitrogens with one attached hydrogen (secondary N) is 2. The quantitative estimate of drug-likeness (QED) is 0.501. The van der Waals surface area contributed by atoms with Crippen LogP contribution in [0.15, 0.2) is 46.6 Å². The Hall–Kier alpha value is -2.95. The van der Waals surface area contributed by atoms with Crippen LogP contribution in [0.2, 0.25) is 0 Å². The van der Waals surface area contributed by atoms with Crippen molar-refractivity contribution in [1.29, 1.82) is 0 Å². The average Bonchev–Trinajstić information content (AvgIpc) is 3.29. The molecular formula is C23H24N6O2S2. The number of rotatable bonds is 7. The molecule has 0 radical (unpaired) electrons. The summed E-state index contributed by atoms with van der Waals surface area (Å²) in [4.78, 5) is 36.7. The molecule has 2 fully saturated rings. The van der Waals surface area contributed by atoms with Crippen molar-refractivity contribution in [3.8, 4) is 0 Å². The molecule has 170 valence electrons. The van der Waals surface area contributed by atoms with Crippen LogP contribution in [0.3, 0.4) is 0 Å². The molecule has 2 N–H and O–H groups in total. The molecule has 0 unspecified atom stereocenters. The van der Waals surface area contributed by atoms with Gasteiger partial charge in [0.05, 0.1) is 15.5 Å². The number of amidine groups is 1. The van der Waals surface area contributed by atoms with E-state index in [1.54, 1.807) is 12.3 Å². The summed E-state index contributed by atoms with van der Waals surface area (Å²) in [5.41, 5.74) is 1.96. The summed E-state index contributed by atoms with van der Waals surface area (Å²) >= 11 is 2.65. The number of fused-ring (bicyclic) bond motifs is 1. The van der Waals surface area contributed by atoms with E-state index in [1.807, 2.05) is 12.1 Å². The summed E-state index contributed by atoms with van der Waals surface area (Å²) in [6.45, 7) is 1.90. The third kappa shape index (κ3) is 5.18. The lowest BCUT2D eigenvalue weighted by molar-refractivity contribution is -0.117. The van der Waals surface area contributed by atoms with Crippen LogP contribution >= 0.6 is 23.1 Å². The first-order chi connectivity index (χ1) is 15.9. The lowest BCUT2D eigenvalue weighted by atomic mass is 10.2. The number of carbonyl (C=O) groups excluding carboxylic acids is 2. The van der Waals surface area contributed by atoms with Crippen molar-refractivity contribution in [1.82, 2.24) is 19.8 Å². The second-order valence-corrected chi connectivity index (χ2v) is 10.5. The van der Waals surface area contributed by atoms with Crippen LogP contribution in [0.25, 0.3) is 17.0 Å². The minimum absolute atomic E-state index is 0.0240. The van der Waals surface area contributed by atoms with E-state index in [9.17, 15) is 9.59 Å². The minimum Gasteiger partial charge on any atom is -0.346 e. The van der Waals surface area contributed by atoms with Crippen LogP contribution in [0, 0.1) is 5.92 Å². The largest absolute Gasteiger partial charge is 0.346 e. The Kier molecular flexibility index (Phi) is 6.05. The summed E-state index contributed by atoms with van der Waals surface area (Å²) in [7, 11) is 4.13. The maximum Gasteiger partial charge on any atom is 0.264 e. The van der Waals surface area contributed by atoms with Crippen molar-refractivity contribution in [2.24, 2.45) is 10.9 Å². The van der Waals surface area contributed by atoms with Crippen LogP contribution < -0.4 is 10.6 Å². The van der Waals surface area contributed by atoms with E-state index in [0.29, 0.717) is 15.2 Å². The zero-order valence-corrected chi connectivity index (χ0v) is 20.0. The van der Waals surface area contributed by atoms with E-state index in [0.717, 1.165) is 41.9 Å². The molecule has 2 amide bonds. The molecule has 1 saturated carbocycles. The van der Waals surface area contributed by atoms with E-state index in [-0.39, 0.29) is 17.7 Å². The Morgan fingerprint density at radius 3 is 3.00 bits per heavy atom. The predicted octanol–water partition coefficient (Wildman–Crippen LogP) is 3.90. The van der Waals surface area contributed by atoms with Crippen molar-refractivity contribution in [3.05, 3.63) is 46.4 Å². The lowest BCUT2D eigenvalue weighted by Gasteiger charge is -2.11. The number of aromatic nitrogens is 2. The maximum absolute atomic E-state index is 12.4.